The molecule has 1 aliphatic carbocycles. The van der Waals surface area contributed by atoms with E-state index >= 15 is 0 Å². The number of hydrogen-bond donors (Lipinski definition) is 0. The highest BCUT2D eigenvalue weighted by atomic mass is 28.4. The minimum atomic E-state index is -2.46. The normalized spacial score (nSPS) is 25.5. The summed E-state index contributed by atoms with van der Waals surface area (Å²) in [6.07, 6.45) is -2.05. The maximum atomic E-state index is 13.6. The van der Waals surface area contributed by atoms with Gasteiger partial charge in [-0.15, -0.1) is 0 Å². The van der Waals surface area contributed by atoms with Gasteiger partial charge in [-0.1, -0.05) is 51.1 Å². The van der Waals surface area contributed by atoms with Gasteiger partial charge in [0.05, 0.1) is 12.7 Å². The van der Waals surface area contributed by atoms with Gasteiger partial charge in [-0.25, -0.2) is 8.78 Å². The van der Waals surface area contributed by atoms with E-state index in [-0.39, 0.29) is 24.0 Å². The van der Waals surface area contributed by atoms with Crippen molar-refractivity contribution in [2.45, 2.75) is 76.5 Å². The van der Waals surface area contributed by atoms with Crippen LogP contribution in [0.25, 0.3) is 0 Å². The van der Waals surface area contributed by atoms with E-state index < -0.39 is 20.3 Å². The monoisotopic (exact) mass is 342 g/mol. The molecule has 0 radical (unpaired) electrons. The van der Waals surface area contributed by atoms with E-state index in [1.807, 2.05) is 43.4 Å². The third kappa shape index (κ3) is 4.20. The van der Waals surface area contributed by atoms with Crippen LogP contribution in [0.3, 0.4) is 0 Å². The molecule has 1 fully saturated rings. The molecule has 1 aliphatic rings. The third-order valence-electron chi connectivity index (χ3n) is 5.14. The molecule has 2 nitrogen and oxygen atoms in total. The average molecular weight is 343 g/mol. The molecule has 0 heterocycles. The highest BCUT2D eigenvalue weighted by molar-refractivity contribution is 6.74. The van der Waals surface area contributed by atoms with E-state index in [0.29, 0.717) is 6.61 Å². The van der Waals surface area contributed by atoms with Crippen LogP contribution in [0.15, 0.2) is 30.3 Å². The minimum absolute atomic E-state index is 0.0785. The minimum Gasteiger partial charge on any atom is -0.405 e. The lowest BCUT2D eigenvalue weighted by molar-refractivity contribution is -0.195. The topological polar surface area (TPSA) is 18.5 Å². The van der Waals surface area contributed by atoms with Crippen molar-refractivity contribution in [1.82, 2.24) is 0 Å². The molecule has 0 saturated heterocycles. The number of ether oxygens (including phenoxy) is 1. The van der Waals surface area contributed by atoms with E-state index in [2.05, 4.69) is 20.8 Å². The fourth-order valence-electron chi connectivity index (χ4n) is 2.58. The molecule has 0 bridgehead atoms. The van der Waals surface area contributed by atoms with Crippen LogP contribution >= 0.6 is 0 Å². The zero-order valence-electron chi connectivity index (χ0n) is 14.7. The number of benzene rings is 1. The van der Waals surface area contributed by atoms with Crippen molar-refractivity contribution in [3.63, 3.8) is 0 Å². The van der Waals surface area contributed by atoms with Crippen LogP contribution < -0.4 is 0 Å². The Morgan fingerprint density at radius 3 is 2.22 bits per heavy atom. The second-order valence-corrected chi connectivity index (χ2v) is 12.8. The van der Waals surface area contributed by atoms with Crippen molar-refractivity contribution in [3.05, 3.63) is 35.9 Å². The van der Waals surface area contributed by atoms with Crippen LogP contribution in [0, 0.1) is 0 Å². The van der Waals surface area contributed by atoms with E-state index in [1.165, 1.54) is 0 Å². The molecule has 0 amide bonds. The molecule has 0 aromatic heterocycles. The first kappa shape index (κ1) is 18.6. The molecule has 1 aromatic rings. The second-order valence-electron chi connectivity index (χ2n) is 8.05. The maximum Gasteiger partial charge on any atom is 0.266 e. The Balaban J connectivity index is 1.93. The van der Waals surface area contributed by atoms with Crippen LogP contribution in [-0.4, -0.2) is 26.4 Å². The standard InChI is InChI=1S/C18H28F2O2Si/c1-17(2,3)23(4,5)22-18(16(19)20)11-15(12-18)21-13-14-9-7-6-8-10-14/h6-10,15-16H,11-13H2,1-5H3. The molecule has 0 aliphatic heterocycles. The van der Waals surface area contributed by atoms with Gasteiger partial charge in [-0.05, 0) is 23.7 Å². The summed E-state index contributed by atoms with van der Waals surface area (Å²) in [5.41, 5.74) is -0.253. The molecular weight excluding hydrogens is 314 g/mol. The number of rotatable bonds is 6. The number of halogens is 2. The summed E-state index contributed by atoms with van der Waals surface area (Å²) in [5.74, 6) is 0. The van der Waals surface area contributed by atoms with Gasteiger partial charge in [-0.2, -0.15) is 0 Å². The van der Waals surface area contributed by atoms with Crippen molar-refractivity contribution >= 4 is 8.32 Å². The predicted molar refractivity (Wildman–Crippen MR) is 91.3 cm³/mol. The van der Waals surface area contributed by atoms with Crippen LogP contribution in [0.5, 0.6) is 0 Å². The molecule has 5 heteroatoms. The van der Waals surface area contributed by atoms with Gasteiger partial charge in [0.1, 0.15) is 5.60 Å². The van der Waals surface area contributed by atoms with Crippen LogP contribution in [0.4, 0.5) is 8.78 Å². The van der Waals surface area contributed by atoms with Crippen LogP contribution in [0.2, 0.25) is 18.1 Å². The lowest BCUT2D eigenvalue weighted by Gasteiger charge is -2.52. The van der Waals surface area contributed by atoms with Crippen LogP contribution in [-0.2, 0) is 15.8 Å². The summed E-state index contributed by atoms with van der Waals surface area (Å²) < 4.78 is 39.1. The Kier molecular flexibility index (Phi) is 5.33. The summed E-state index contributed by atoms with van der Waals surface area (Å²) in [6, 6.07) is 9.80. The second kappa shape index (κ2) is 6.61. The largest absolute Gasteiger partial charge is 0.405 e. The number of alkyl halides is 2. The van der Waals surface area contributed by atoms with E-state index in [9.17, 15) is 8.78 Å². The summed E-state index contributed by atoms with van der Waals surface area (Å²) >= 11 is 0. The molecule has 0 unspecified atom stereocenters. The van der Waals surface area contributed by atoms with E-state index in [4.69, 9.17) is 9.16 Å². The summed E-state index contributed by atoms with van der Waals surface area (Å²) in [5, 5.41) is -0.0785. The Labute approximate surface area is 139 Å². The van der Waals surface area contributed by atoms with Crippen molar-refractivity contribution in [1.29, 1.82) is 0 Å². The van der Waals surface area contributed by atoms with E-state index in [0.717, 1.165) is 5.56 Å². The van der Waals surface area contributed by atoms with Gasteiger partial charge in [0.25, 0.3) is 6.43 Å². The first-order valence-corrected chi connectivity index (χ1v) is 11.1. The Hall–Kier alpha value is -0.783. The first-order chi connectivity index (χ1) is 10.6. The maximum absolute atomic E-state index is 13.6. The average Bonchev–Trinajstić information content (AvgIpc) is 2.40. The Bertz CT molecular complexity index is 506. The summed E-state index contributed by atoms with van der Waals surface area (Å²) in [7, 11) is -2.22. The van der Waals surface area contributed by atoms with Gasteiger partial charge in [-0.3, -0.25) is 0 Å². The van der Waals surface area contributed by atoms with Gasteiger partial charge in [0, 0.05) is 12.8 Å². The fraction of sp³-hybridized carbons (Fsp3) is 0.667. The molecular formula is C18H28F2O2Si. The summed E-state index contributed by atoms with van der Waals surface area (Å²) in [4.78, 5) is 0. The first-order valence-electron chi connectivity index (χ1n) is 8.20. The fourth-order valence-corrected chi connectivity index (χ4v) is 4.16. The van der Waals surface area contributed by atoms with Gasteiger partial charge >= 0.3 is 0 Å². The molecule has 0 N–H and O–H groups in total. The highest BCUT2D eigenvalue weighted by Crippen LogP contribution is 2.48. The molecule has 1 saturated carbocycles. The summed E-state index contributed by atoms with van der Waals surface area (Å²) in [6.45, 7) is 10.7. The molecule has 130 valence electrons. The molecule has 23 heavy (non-hydrogen) atoms. The smallest absolute Gasteiger partial charge is 0.266 e. The predicted octanol–water partition coefficient (Wildman–Crippen LogP) is 5.39. The molecule has 0 spiro atoms. The lowest BCUT2D eigenvalue weighted by Crippen LogP contribution is -2.61. The zero-order valence-corrected chi connectivity index (χ0v) is 15.7. The Morgan fingerprint density at radius 1 is 1.17 bits per heavy atom. The highest BCUT2D eigenvalue weighted by Gasteiger charge is 2.57. The van der Waals surface area contributed by atoms with Crippen molar-refractivity contribution in [3.8, 4) is 0 Å². The zero-order chi connectivity index (χ0) is 17.3. The third-order valence-corrected chi connectivity index (χ3v) is 9.67. The van der Waals surface area contributed by atoms with Crippen molar-refractivity contribution in [2.24, 2.45) is 0 Å². The SMILES string of the molecule is CC(C)(C)[Si](C)(C)OC1(C(F)F)CC(OCc2ccccc2)C1. The van der Waals surface area contributed by atoms with Gasteiger partial charge in [0.15, 0.2) is 8.32 Å². The van der Waals surface area contributed by atoms with E-state index in [1.54, 1.807) is 0 Å². The molecule has 1 aromatic carbocycles. The van der Waals surface area contributed by atoms with Crippen molar-refractivity contribution in [2.75, 3.05) is 0 Å². The lowest BCUT2D eigenvalue weighted by atomic mass is 9.78. The van der Waals surface area contributed by atoms with Crippen molar-refractivity contribution < 1.29 is 17.9 Å². The van der Waals surface area contributed by atoms with Gasteiger partial charge in [0.2, 0.25) is 0 Å². The molecule has 0 atom stereocenters. The quantitative estimate of drug-likeness (QED) is 0.645. The number of hydrogen-bond acceptors (Lipinski definition) is 2. The van der Waals surface area contributed by atoms with Crippen LogP contribution in [0.1, 0.15) is 39.2 Å². The molecule has 2 rings (SSSR count). The van der Waals surface area contributed by atoms with Gasteiger partial charge < -0.3 is 9.16 Å². The Morgan fingerprint density at radius 2 is 1.74 bits per heavy atom.